The van der Waals surface area contributed by atoms with Crippen molar-refractivity contribution in [2.75, 3.05) is 20.3 Å². The Bertz CT molecular complexity index is 626. The van der Waals surface area contributed by atoms with Crippen molar-refractivity contribution in [1.29, 1.82) is 0 Å². The Kier molecular flexibility index (Phi) is 5.46. The van der Waals surface area contributed by atoms with E-state index >= 15 is 0 Å². The van der Waals surface area contributed by atoms with Gasteiger partial charge < -0.3 is 9.47 Å². The molecule has 2 unspecified atom stereocenters. The number of benzene rings is 1. The molecule has 0 saturated carbocycles. The average molecular weight is 333 g/mol. The SMILES string of the molecule is CCOC(=O)C1C(=O)c2ccccc2C(=O)C(C(=O)OCC)N1C. The van der Waals surface area contributed by atoms with Crippen molar-refractivity contribution in [3.63, 3.8) is 0 Å². The molecule has 1 heterocycles. The third-order valence-corrected chi connectivity index (χ3v) is 3.79. The van der Waals surface area contributed by atoms with Gasteiger partial charge in [-0.1, -0.05) is 24.3 Å². The molecule has 7 nitrogen and oxygen atoms in total. The van der Waals surface area contributed by atoms with E-state index in [0.29, 0.717) is 0 Å². The molecule has 7 heteroatoms. The third-order valence-electron chi connectivity index (χ3n) is 3.79. The molecule has 128 valence electrons. The molecule has 0 saturated heterocycles. The molecule has 1 aliphatic heterocycles. The maximum absolute atomic E-state index is 12.8. The molecule has 2 atom stereocenters. The smallest absolute Gasteiger partial charge is 0.331 e. The van der Waals surface area contributed by atoms with Crippen molar-refractivity contribution in [2.24, 2.45) is 0 Å². The van der Waals surface area contributed by atoms with Crippen LogP contribution in [0.5, 0.6) is 0 Å². The molecule has 0 aliphatic carbocycles. The van der Waals surface area contributed by atoms with Crippen LogP contribution in [0, 0.1) is 0 Å². The van der Waals surface area contributed by atoms with Crippen LogP contribution in [0.25, 0.3) is 0 Å². The van der Waals surface area contributed by atoms with Crippen LogP contribution in [0.15, 0.2) is 24.3 Å². The van der Waals surface area contributed by atoms with Gasteiger partial charge in [0.05, 0.1) is 13.2 Å². The fraction of sp³-hybridized carbons (Fsp3) is 0.412. The molecule has 1 aliphatic rings. The lowest BCUT2D eigenvalue weighted by Crippen LogP contribution is -2.54. The van der Waals surface area contributed by atoms with Crippen LogP contribution in [-0.4, -0.2) is 60.8 Å². The van der Waals surface area contributed by atoms with Gasteiger partial charge in [-0.3, -0.25) is 14.5 Å². The summed E-state index contributed by atoms with van der Waals surface area (Å²) in [5.41, 5.74) is 0.193. The number of hydrogen-bond acceptors (Lipinski definition) is 7. The van der Waals surface area contributed by atoms with Gasteiger partial charge in [-0.25, -0.2) is 9.59 Å². The Hall–Kier alpha value is -2.54. The van der Waals surface area contributed by atoms with Crippen molar-refractivity contribution >= 4 is 23.5 Å². The number of rotatable bonds is 4. The summed E-state index contributed by atoms with van der Waals surface area (Å²) in [6, 6.07) is 3.35. The topological polar surface area (TPSA) is 90.0 Å². The molecule has 0 N–H and O–H groups in total. The highest BCUT2D eigenvalue weighted by atomic mass is 16.5. The predicted octanol–water partition coefficient (Wildman–Crippen LogP) is 0.861. The molecular weight excluding hydrogens is 314 g/mol. The first-order chi connectivity index (χ1) is 11.4. The summed E-state index contributed by atoms with van der Waals surface area (Å²) in [6.07, 6.45) is 0. The van der Waals surface area contributed by atoms with E-state index in [1.165, 1.54) is 19.2 Å². The lowest BCUT2D eigenvalue weighted by atomic mass is 9.97. The van der Waals surface area contributed by atoms with Gasteiger partial charge >= 0.3 is 11.9 Å². The van der Waals surface area contributed by atoms with Crippen molar-refractivity contribution in [2.45, 2.75) is 25.9 Å². The van der Waals surface area contributed by atoms with E-state index in [1.54, 1.807) is 26.0 Å². The monoisotopic (exact) mass is 333 g/mol. The van der Waals surface area contributed by atoms with E-state index in [0.717, 1.165) is 4.90 Å². The zero-order chi connectivity index (χ0) is 17.9. The summed E-state index contributed by atoms with van der Waals surface area (Å²) in [7, 11) is 1.37. The van der Waals surface area contributed by atoms with E-state index < -0.39 is 35.6 Å². The summed E-state index contributed by atoms with van der Waals surface area (Å²) in [5.74, 6) is -2.76. The summed E-state index contributed by atoms with van der Waals surface area (Å²) in [4.78, 5) is 51.2. The fourth-order valence-corrected chi connectivity index (χ4v) is 2.72. The van der Waals surface area contributed by atoms with E-state index in [4.69, 9.17) is 9.47 Å². The highest BCUT2D eigenvalue weighted by Gasteiger charge is 2.47. The Morgan fingerprint density at radius 3 is 1.62 bits per heavy atom. The quantitative estimate of drug-likeness (QED) is 0.596. The number of carbonyl (C=O) groups is 4. The maximum atomic E-state index is 12.8. The molecule has 1 aromatic rings. The lowest BCUT2D eigenvalue weighted by Gasteiger charge is -2.27. The van der Waals surface area contributed by atoms with Crippen LogP contribution in [0.1, 0.15) is 34.6 Å². The lowest BCUT2D eigenvalue weighted by molar-refractivity contribution is -0.152. The van der Waals surface area contributed by atoms with Gasteiger partial charge in [0.15, 0.2) is 23.7 Å². The van der Waals surface area contributed by atoms with Crippen molar-refractivity contribution in [3.05, 3.63) is 35.4 Å². The van der Waals surface area contributed by atoms with Crippen LogP contribution in [-0.2, 0) is 19.1 Å². The normalized spacial score (nSPS) is 21.0. The van der Waals surface area contributed by atoms with Gasteiger partial charge in [-0.05, 0) is 20.9 Å². The second-order valence-corrected chi connectivity index (χ2v) is 5.25. The summed E-state index contributed by atoms with van der Waals surface area (Å²) >= 11 is 0. The Labute approximate surface area is 139 Å². The maximum Gasteiger partial charge on any atom is 0.331 e. The predicted molar refractivity (Wildman–Crippen MR) is 83.7 cm³/mol. The molecule has 0 spiro atoms. The second-order valence-electron chi connectivity index (χ2n) is 5.25. The number of ether oxygens (including phenoxy) is 2. The largest absolute Gasteiger partial charge is 0.464 e. The minimum absolute atomic E-state index is 0.0795. The molecule has 0 bridgehead atoms. The van der Waals surface area contributed by atoms with E-state index in [2.05, 4.69) is 0 Å². The van der Waals surface area contributed by atoms with E-state index in [-0.39, 0.29) is 24.3 Å². The van der Waals surface area contributed by atoms with Gasteiger partial charge in [0, 0.05) is 11.1 Å². The van der Waals surface area contributed by atoms with Crippen LogP contribution in [0.4, 0.5) is 0 Å². The molecule has 0 radical (unpaired) electrons. The minimum Gasteiger partial charge on any atom is -0.464 e. The van der Waals surface area contributed by atoms with Crippen LogP contribution in [0.3, 0.4) is 0 Å². The molecule has 0 fully saturated rings. The van der Waals surface area contributed by atoms with E-state index in [9.17, 15) is 19.2 Å². The van der Waals surface area contributed by atoms with E-state index in [1.807, 2.05) is 0 Å². The number of esters is 2. The number of nitrogens with zero attached hydrogens (tertiary/aromatic N) is 1. The van der Waals surface area contributed by atoms with Gasteiger partial charge in [-0.2, -0.15) is 0 Å². The third kappa shape index (κ3) is 3.07. The van der Waals surface area contributed by atoms with Crippen molar-refractivity contribution in [1.82, 2.24) is 4.90 Å². The fourth-order valence-electron chi connectivity index (χ4n) is 2.72. The average Bonchev–Trinajstić information content (AvgIpc) is 2.62. The first-order valence-electron chi connectivity index (χ1n) is 7.66. The van der Waals surface area contributed by atoms with Crippen molar-refractivity contribution < 1.29 is 28.7 Å². The Morgan fingerprint density at radius 1 is 0.917 bits per heavy atom. The molecule has 1 aromatic carbocycles. The number of likely N-dealkylation sites (N-methyl/N-ethyl adjacent to an activating group) is 1. The zero-order valence-corrected chi connectivity index (χ0v) is 13.8. The first-order valence-corrected chi connectivity index (χ1v) is 7.66. The number of hydrogen-bond donors (Lipinski definition) is 0. The van der Waals surface area contributed by atoms with Crippen LogP contribution >= 0.6 is 0 Å². The number of fused-ring (bicyclic) bond motifs is 1. The first kappa shape index (κ1) is 17.8. The van der Waals surface area contributed by atoms with Crippen LogP contribution in [0.2, 0.25) is 0 Å². The van der Waals surface area contributed by atoms with Gasteiger partial charge in [0.2, 0.25) is 0 Å². The number of ketones is 2. The molecule has 0 aromatic heterocycles. The van der Waals surface area contributed by atoms with Gasteiger partial charge in [0.1, 0.15) is 0 Å². The molecular formula is C17H19NO6. The molecule has 2 rings (SSSR count). The summed E-state index contributed by atoms with van der Waals surface area (Å²) < 4.78 is 9.90. The highest BCUT2D eigenvalue weighted by Crippen LogP contribution is 2.24. The number of carbonyl (C=O) groups excluding carboxylic acids is 4. The Morgan fingerprint density at radius 2 is 1.29 bits per heavy atom. The molecule has 24 heavy (non-hydrogen) atoms. The Balaban J connectivity index is 2.59. The van der Waals surface area contributed by atoms with Gasteiger partial charge in [0.25, 0.3) is 0 Å². The van der Waals surface area contributed by atoms with Crippen LogP contribution < -0.4 is 0 Å². The number of Topliss-reactive ketones (excluding diaryl/α,β-unsaturated/α-hetero) is 2. The standard InChI is InChI=1S/C17H19NO6/c1-4-23-16(21)12-14(19)10-8-6-7-9-11(10)15(20)13(18(12)3)17(22)24-5-2/h6-9,12-13H,4-5H2,1-3H3. The molecule has 0 amide bonds. The zero-order valence-electron chi connectivity index (χ0n) is 13.8. The van der Waals surface area contributed by atoms with Crippen molar-refractivity contribution in [3.8, 4) is 0 Å². The summed E-state index contributed by atoms with van der Waals surface area (Å²) in [6.45, 7) is 3.38. The summed E-state index contributed by atoms with van der Waals surface area (Å²) in [5, 5.41) is 0. The van der Waals surface area contributed by atoms with Gasteiger partial charge in [-0.15, -0.1) is 0 Å². The minimum atomic E-state index is -1.38. The highest BCUT2D eigenvalue weighted by molar-refractivity contribution is 6.23. The second kappa shape index (κ2) is 7.35.